The van der Waals surface area contributed by atoms with E-state index in [1.165, 1.54) is 74.6 Å². The molecule has 186 valence electrons. The highest BCUT2D eigenvalue weighted by molar-refractivity contribution is 5.83. The molecule has 1 aliphatic rings. The molecule has 0 radical (unpaired) electrons. The standard InChI is InChI=1S/C31H38O4/c1-4-7-8-9-10-11-24-20-22-31(23-21-24,25-12-16-27(17-13-25)34-29(32)5-2)26-14-18-28(19-15-26)35-30(33)6-3/h5-6,12-19,24H,2-4,7-11,20-23H2,1H3. The molecule has 0 heterocycles. The number of ether oxygens (including phenoxy) is 2. The SMILES string of the molecule is C=CC(=O)Oc1ccc(C2(c3ccc(OC(=O)C=C)cc3)CCC(CCCCCCC)CC2)cc1. The minimum absolute atomic E-state index is 0.124. The minimum Gasteiger partial charge on any atom is -0.423 e. The Morgan fingerprint density at radius 1 is 0.800 bits per heavy atom. The number of benzene rings is 2. The highest BCUT2D eigenvalue weighted by Crippen LogP contribution is 2.48. The minimum atomic E-state index is -0.462. The van der Waals surface area contributed by atoms with Crippen LogP contribution in [0.3, 0.4) is 0 Å². The summed E-state index contributed by atoms with van der Waals surface area (Å²) in [5, 5.41) is 0. The van der Waals surface area contributed by atoms with E-state index in [2.05, 4.69) is 44.3 Å². The van der Waals surface area contributed by atoms with E-state index in [0.717, 1.165) is 18.8 Å². The quantitative estimate of drug-likeness (QED) is 0.137. The van der Waals surface area contributed by atoms with E-state index in [4.69, 9.17) is 9.47 Å². The van der Waals surface area contributed by atoms with Crippen molar-refractivity contribution in [1.82, 2.24) is 0 Å². The first-order chi connectivity index (χ1) is 17.0. The average molecular weight is 475 g/mol. The number of carbonyl (C=O) groups is 2. The third-order valence-electron chi connectivity index (χ3n) is 7.26. The summed E-state index contributed by atoms with van der Waals surface area (Å²) in [7, 11) is 0. The van der Waals surface area contributed by atoms with Gasteiger partial charge < -0.3 is 9.47 Å². The fourth-order valence-corrected chi connectivity index (χ4v) is 5.24. The van der Waals surface area contributed by atoms with Gasteiger partial charge in [-0.2, -0.15) is 0 Å². The Hall–Kier alpha value is -3.14. The highest BCUT2D eigenvalue weighted by atomic mass is 16.5. The van der Waals surface area contributed by atoms with Crippen LogP contribution in [0.5, 0.6) is 11.5 Å². The zero-order valence-corrected chi connectivity index (χ0v) is 21.0. The van der Waals surface area contributed by atoms with E-state index in [9.17, 15) is 9.59 Å². The summed E-state index contributed by atoms with van der Waals surface area (Å²) < 4.78 is 10.6. The van der Waals surface area contributed by atoms with Crippen LogP contribution in [0, 0.1) is 5.92 Å². The first kappa shape index (κ1) is 26.5. The third-order valence-corrected chi connectivity index (χ3v) is 7.26. The monoisotopic (exact) mass is 474 g/mol. The number of rotatable bonds is 12. The first-order valence-corrected chi connectivity index (χ1v) is 12.9. The smallest absolute Gasteiger partial charge is 0.335 e. The zero-order valence-electron chi connectivity index (χ0n) is 21.0. The van der Waals surface area contributed by atoms with Crippen LogP contribution in [0.4, 0.5) is 0 Å². The maximum atomic E-state index is 11.6. The lowest BCUT2D eigenvalue weighted by Crippen LogP contribution is -2.33. The molecule has 1 saturated carbocycles. The molecular weight excluding hydrogens is 436 g/mol. The van der Waals surface area contributed by atoms with Crippen LogP contribution in [0.1, 0.15) is 82.3 Å². The van der Waals surface area contributed by atoms with Gasteiger partial charge in [-0.25, -0.2) is 9.59 Å². The lowest BCUT2D eigenvalue weighted by atomic mass is 9.62. The van der Waals surface area contributed by atoms with E-state index in [0.29, 0.717) is 11.5 Å². The number of esters is 2. The summed E-state index contributed by atoms with van der Waals surface area (Å²) in [5.41, 5.74) is 2.31. The molecule has 0 N–H and O–H groups in total. The van der Waals surface area contributed by atoms with Gasteiger partial charge >= 0.3 is 11.9 Å². The Labute approximate surface area is 210 Å². The third kappa shape index (κ3) is 7.17. The van der Waals surface area contributed by atoms with Gasteiger partial charge in [0.2, 0.25) is 0 Å². The summed E-state index contributed by atoms with van der Waals surface area (Å²) in [4.78, 5) is 23.2. The molecule has 0 amide bonds. The molecule has 4 nitrogen and oxygen atoms in total. The van der Waals surface area contributed by atoms with Gasteiger partial charge in [0, 0.05) is 17.6 Å². The summed E-state index contributed by atoms with van der Waals surface area (Å²) in [6.07, 6.45) is 14.8. The van der Waals surface area contributed by atoms with Crippen LogP contribution in [-0.4, -0.2) is 11.9 Å². The fourth-order valence-electron chi connectivity index (χ4n) is 5.24. The molecule has 1 aliphatic carbocycles. The maximum absolute atomic E-state index is 11.6. The lowest BCUT2D eigenvalue weighted by Gasteiger charge is -2.41. The van der Waals surface area contributed by atoms with Gasteiger partial charge in [-0.1, -0.05) is 82.9 Å². The van der Waals surface area contributed by atoms with Crippen molar-refractivity contribution in [3.8, 4) is 11.5 Å². The molecule has 0 aliphatic heterocycles. The lowest BCUT2D eigenvalue weighted by molar-refractivity contribution is -0.129. The fraction of sp³-hybridized carbons (Fsp3) is 0.419. The van der Waals surface area contributed by atoms with Gasteiger partial charge in [0.15, 0.2) is 0 Å². The number of hydrogen-bond acceptors (Lipinski definition) is 4. The van der Waals surface area contributed by atoms with Crippen molar-refractivity contribution in [2.24, 2.45) is 5.92 Å². The van der Waals surface area contributed by atoms with E-state index in [-0.39, 0.29) is 5.41 Å². The Kier molecular flexibility index (Phi) is 9.89. The molecular formula is C31H38O4. The van der Waals surface area contributed by atoms with Crippen molar-refractivity contribution < 1.29 is 19.1 Å². The van der Waals surface area contributed by atoms with Crippen molar-refractivity contribution >= 4 is 11.9 Å². The van der Waals surface area contributed by atoms with E-state index in [1.54, 1.807) is 0 Å². The molecule has 4 heteroatoms. The molecule has 0 spiro atoms. The maximum Gasteiger partial charge on any atom is 0.335 e. The number of hydrogen-bond donors (Lipinski definition) is 0. The highest BCUT2D eigenvalue weighted by Gasteiger charge is 2.38. The molecule has 2 aromatic rings. The van der Waals surface area contributed by atoms with Crippen molar-refractivity contribution in [3.05, 3.63) is 85.0 Å². The Morgan fingerprint density at radius 2 is 1.26 bits per heavy atom. The van der Waals surface area contributed by atoms with Crippen molar-refractivity contribution in [2.75, 3.05) is 0 Å². The first-order valence-electron chi connectivity index (χ1n) is 12.9. The number of unbranched alkanes of at least 4 members (excludes halogenated alkanes) is 4. The van der Waals surface area contributed by atoms with Gasteiger partial charge in [0.05, 0.1) is 0 Å². The Bertz CT molecular complexity index is 912. The molecule has 0 saturated heterocycles. The largest absolute Gasteiger partial charge is 0.423 e. The van der Waals surface area contributed by atoms with E-state index in [1.807, 2.05) is 24.3 Å². The van der Waals surface area contributed by atoms with Gasteiger partial charge in [-0.05, 0) is 67.0 Å². The molecule has 3 rings (SSSR count). The molecule has 0 aromatic heterocycles. The Morgan fingerprint density at radius 3 is 1.69 bits per heavy atom. The number of carbonyl (C=O) groups excluding carboxylic acids is 2. The normalized spacial score (nSPS) is 15.2. The summed E-state index contributed by atoms with van der Waals surface area (Å²) in [6.45, 7) is 9.18. The van der Waals surface area contributed by atoms with Crippen molar-refractivity contribution in [2.45, 2.75) is 76.5 Å². The molecule has 0 bridgehead atoms. The van der Waals surface area contributed by atoms with Crippen LogP contribution in [0.25, 0.3) is 0 Å². The van der Waals surface area contributed by atoms with Gasteiger partial charge in [-0.3, -0.25) is 0 Å². The molecule has 2 aromatic carbocycles. The van der Waals surface area contributed by atoms with E-state index < -0.39 is 11.9 Å². The predicted octanol–water partition coefficient (Wildman–Crippen LogP) is 7.71. The predicted molar refractivity (Wildman–Crippen MR) is 141 cm³/mol. The van der Waals surface area contributed by atoms with Crippen LogP contribution in [0.15, 0.2) is 73.8 Å². The van der Waals surface area contributed by atoms with Crippen LogP contribution in [0.2, 0.25) is 0 Å². The second-order valence-electron chi connectivity index (χ2n) is 9.53. The molecule has 0 unspecified atom stereocenters. The van der Waals surface area contributed by atoms with Crippen molar-refractivity contribution in [1.29, 1.82) is 0 Å². The molecule has 1 fully saturated rings. The van der Waals surface area contributed by atoms with E-state index >= 15 is 0 Å². The van der Waals surface area contributed by atoms with Crippen LogP contribution >= 0.6 is 0 Å². The molecule has 35 heavy (non-hydrogen) atoms. The average Bonchev–Trinajstić information content (AvgIpc) is 2.89. The second kappa shape index (κ2) is 13.1. The summed E-state index contributed by atoms with van der Waals surface area (Å²) >= 11 is 0. The van der Waals surface area contributed by atoms with Crippen LogP contribution in [-0.2, 0) is 15.0 Å². The summed E-state index contributed by atoms with van der Waals surface area (Å²) in [5.74, 6) is 0.876. The Balaban J connectivity index is 1.79. The van der Waals surface area contributed by atoms with Crippen LogP contribution < -0.4 is 9.47 Å². The van der Waals surface area contributed by atoms with Crippen molar-refractivity contribution in [3.63, 3.8) is 0 Å². The zero-order chi connectivity index (χ0) is 25.1. The topological polar surface area (TPSA) is 52.6 Å². The van der Waals surface area contributed by atoms with Gasteiger partial charge in [-0.15, -0.1) is 0 Å². The van der Waals surface area contributed by atoms with Gasteiger partial charge in [0.1, 0.15) is 11.5 Å². The summed E-state index contributed by atoms with van der Waals surface area (Å²) in [6, 6.07) is 15.7. The molecule has 0 atom stereocenters. The van der Waals surface area contributed by atoms with Gasteiger partial charge in [0.25, 0.3) is 0 Å². The second-order valence-corrected chi connectivity index (χ2v) is 9.53.